The van der Waals surface area contributed by atoms with Gasteiger partial charge in [0.2, 0.25) is 0 Å². The first-order valence-electron chi connectivity index (χ1n) is 9.39. The van der Waals surface area contributed by atoms with Crippen LogP contribution in [0.5, 0.6) is 16.7 Å². The molecule has 0 bridgehead atoms. The number of nitrogens with zero attached hydrogens (tertiary/aromatic N) is 2. The summed E-state index contributed by atoms with van der Waals surface area (Å²) in [7, 11) is 1.58. The monoisotopic (exact) mass is 432 g/mol. The number of para-hydroxylation sites is 3. The van der Waals surface area contributed by atoms with Crippen molar-refractivity contribution >= 4 is 39.1 Å². The summed E-state index contributed by atoms with van der Waals surface area (Å²) in [5, 5.41) is 1.25. The number of hydrogen-bond donors (Lipinski definition) is 0. The van der Waals surface area contributed by atoms with Gasteiger partial charge in [-0.15, -0.1) is 0 Å². The molecule has 0 N–H and O–H groups in total. The van der Waals surface area contributed by atoms with Crippen molar-refractivity contribution in [1.29, 1.82) is 0 Å². The van der Waals surface area contributed by atoms with Gasteiger partial charge in [-0.3, -0.25) is 4.79 Å². The van der Waals surface area contributed by atoms with E-state index in [2.05, 4.69) is 4.98 Å². The van der Waals surface area contributed by atoms with Gasteiger partial charge in [0.05, 0.1) is 16.8 Å². The highest BCUT2D eigenvalue weighted by atomic mass is 35.5. The molecule has 0 unspecified atom stereocenters. The lowest BCUT2D eigenvalue weighted by atomic mass is 10.1. The van der Waals surface area contributed by atoms with E-state index in [1.54, 1.807) is 19.2 Å². The number of hydrogen-bond acceptors (Lipinski definition) is 6. The van der Waals surface area contributed by atoms with E-state index < -0.39 is 0 Å². The van der Waals surface area contributed by atoms with E-state index in [1.807, 2.05) is 35.2 Å². The molecule has 0 atom stereocenters. The number of benzene rings is 2. The Morgan fingerprint density at radius 1 is 1.17 bits per heavy atom. The minimum Gasteiger partial charge on any atom is -0.493 e. The Morgan fingerprint density at radius 3 is 2.66 bits per heavy atom. The van der Waals surface area contributed by atoms with E-state index in [9.17, 15) is 4.79 Å². The normalized spacial score (nSPS) is 14.8. The van der Waals surface area contributed by atoms with Crippen molar-refractivity contribution in [2.45, 2.75) is 18.9 Å². The highest BCUT2D eigenvalue weighted by molar-refractivity contribution is 7.20. The van der Waals surface area contributed by atoms with Gasteiger partial charge in [0.1, 0.15) is 11.6 Å². The summed E-state index contributed by atoms with van der Waals surface area (Å²) in [5.41, 5.74) is 0.773. The zero-order chi connectivity index (χ0) is 20.2. The smallest absolute Gasteiger partial charge is 0.274 e. The molecule has 4 rings (SSSR count). The zero-order valence-corrected chi connectivity index (χ0v) is 17.5. The van der Waals surface area contributed by atoms with Crippen LogP contribution in [0.4, 0.5) is 0 Å². The van der Waals surface area contributed by atoms with E-state index in [1.165, 1.54) is 11.3 Å². The third-order valence-electron chi connectivity index (χ3n) is 4.83. The lowest BCUT2D eigenvalue weighted by Gasteiger charge is -2.31. The summed E-state index contributed by atoms with van der Waals surface area (Å²) < 4.78 is 17.9. The molecule has 0 saturated carbocycles. The Kier molecular flexibility index (Phi) is 6.06. The summed E-state index contributed by atoms with van der Waals surface area (Å²) in [5.74, 6) is 1.14. The Morgan fingerprint density at radius 2 is 1.93 bits per heavy atom. The van der Waals surface area contributed by atoms with Crippen LogP contribution < -0.4 is 14.2 Å². The molecule has 2 aromatic carbocycles. The van der Waals surface area contributed by atoms with Crippen molar-refractivity contribution < 1.29 is 19.0 Å². The molecule has 8 heteroatoms. The second-order valence-corrected chi connectivity index (χ2v) is 8.10. The number of amides is 1. The minimum absolute atomic E-state index is 0.0116. The van der Waals surface area contributed by atoms with Crippen molar-refractivity contribution in [2.24, 2.45) is 0 Å². The summed E-state index contributed by atoms with van der Waals surface area (Å²) in [6.45, 7) is 1.25. The molecule has 0 radical (unpaired) electrons. The molecule has 0 aliphatic carbocycles. The number of thiazole rings is 1. The van der Waals surface area contributed by atoms with Gasteiger partial charge in [-0.05, 0) is 24.3 Å². The van der Waals surface area contributed by atoms with Gasteiger partial charge < -0.3 is 19.1 Å². The van der Waals surface area contributed by atoms with Crippen molar-refractivity contribution in [3.05, 3.63) is 47.5 Å². The fourth-order valence-corrected chi connectivity index (χ4v) is 4.46. The number of methoxy groups -OCH3 is 1. The first-order valence-corrected chi connectivity index (χ1v) is 10.6. The molecule has 1 amide bonds. The van der Waals surface area contributed by atoms with E-state index >= 15 is 0 Å². The predicted octanol–water partition coefficient (Wildman–Crippen LogP) is 4.41. The molecule has 152 valence electrons. The van der Waals surface area contributed by atoms with E-state index in [-0.39, 0.29) is 18.6 Å². The van der Waals surface area contributed by atoms with Crippen LogP contribution in [0, 0.1) is 0 Å². The number of likely N-dealkylation sites (tertiary alicyclic amines) is 1. The Balaban J connectivity index is 1.28. The Labute approximate surface area is 178 Å². The molecule has 29 heavy (non-hydrogen) atoms. The topological polar surface area (TPSA) is 60.9 Å². The molecule has 1 aromatic heterocycles. The average Bonchev–Trinajstić information content (AvgIpc) is 3.16. The van der Waals surface area contributed by atoms with Crippen molar-refractivity contribution in [2.75, 3.05) is 26.8 Å². The standard InChI is InChI=1S/C21H21ClN2O4S/c1-26-16-6-2-3-7-17(16)27-13-19(25)24-11-9-14(10-12-24)28-21-23-20-15(22)5-4-8-18(20)29-21/h2-8,14H,9-13H2,1H3. The fraction of sp³-hybridized carbons (Fsp3) is 0.333. The van der Waals surface area contributed by atoms with Gasteiger partial charge in [-0.1, -0.05) is 41.1 Å². The summed E-state index contributed by atoms with van der Waals surface area (Å²) >= 11 is 7.68. The van der Waals surface area contributed by atoms with Gasteiger partial charge >= 0.3 is 0 Å². The second-order valence-electron chi connectivity index (χ2n) is 6.70. The molecule has 0 spiro atoms. The lowest BCUT2D eigenvalue weighted by molar-refractivity contribution is -0.135. The lowest BCUT2D eigenvalue weighted by Crippen LogP contribution is -2.43. The van der Waals surface area contributed by atoms with Crippen LogP contribution in [0.25, 0.3) is 10.2 Å². The SMILES string of the molecule is COc1ccccc1OCC(=O)N1CCC(Oc2nc3c(Cl)cccc3s2)CC1. The van der Waals surface area contributed by atoms with E-state index in [0.717, 1.165) is 23.1 Å². The molecule has 1 aliphatic heterocycles. The fourth-order valence-electron chi connectivity index (χ4n) is 3.28. The zero-order valence-electron chi connectivity index (χ0n) is 16.0. The molecular formula is C21H21ClN2O4S. The van der Waals surface area contributed by atoms with Crippen LogP contribution in [0.3, 0.4) is 0 Å². The van der Waals surface area contributed by atoms with Crippen LogP contribution in [-0.4, -0.2) is 48.7 Å². The number of fused-ring (bicyclic) bond motifs is 1. The highest BCUT2D eigenvalue weighted by Crippen LogP contribution is 2.33. The van der Waals surface area contributed by atoms with Crippen LogP contribution in [0.2, 0.25) is 5.02 Å². The Hall–Kier alpha value is -2.51. The molecular weight excluding hydrogens is 412 g/mol. The van der Waals surface area contributed by atoms with Gasteiger partial charge in [0.15, 0.2) is 18.1 Å². The van der Waals surface area contributed by atoms with Crippen molar-refractivity contribution in [3.63, 3.8) is 0 Å². The first-order chi connectivity index (χ1) is 14.1. The number of aromatic nitrogens is 1. The summed E-state index contributed by atoms with van der Waals surface area (Å²) in [6, 6.07) is 13.0. The van der Waals surface area contributed by atoms with E-state index in [0.29, 0.717) is 34.8 Å². The molecule has 2 heterocycles. The van der Waals surface area contributed by atoms with E-state index in [4.69, 9.17) is 25.8 Å². The number of carbonyl (C=O) groups is 1. The molecule has 6 nitrogen and oxygen atoms in total. The first kappa shape index (κ1) is 19.8. The maximum absolute atomic E-state index is 12.5. The van der Waals surface area contributed by atoms with Gasteiger partial charge in [0.25, 0.3) is 11.1 Å². The Bertz CT molecular complexity index is 1000. The van der Waals surface area contributed by atoms with Gasteiger partial charge in [-0.2, -0.15) is 0 Å². The summed E-state index contributed by atoms with van der Waals surface area (Å²) in [4.78, 5) is 18.8. The largest absolute Gasteiger partial charge is 0.493 e. The van der Waals surface area contributed by atoms with Crippen molar-refractivity contribution in [3.8, 4) is 16.7 Å². The van der Waals surface area contributed by atoms with Gasteiger partial charge in [0, 0.05) is 25.9 Å². The van der Waals surface area contributed by atoms with Crippen LogP contribution in [0.15, 0.2) is 42.5 Å². The third-order valence-corrected chi connectivity index (χ3v) is 6.05. The number of piperidine rings is 1. The number of ether oxygens (including phenoxy) is 3. The maximum Gasteiger partial charge on any atom is 0.274 e. The molecule has 1 aliphatic rings. The highest BCUT2D eigenvalue weighted by Gasteiger charge is 2.25. The van der Waals surface area contributed by atoms with Crippen molar-refractivity contribution in [1.82, 2.24) is 9.88 Å². The van der Waals surface area contributed by atoms with Gasteiger partial charge in [-0.25, -0.2) is 4.98 Å². The third kappa shape index (κ3) is 4.57. The predicted molar refractivity (Wildman–Crippen MR) is 113 cm³/mol. The van der Waals surface area contributed by atoms with Crippen LogP contribution >= 0.6 is 22.9 Å². The molecule has 1 saturated heterocycles. The summed E-state index contributed by atoms with van der Waals surface area (Å²) in [6.07, 6.45) is 1.54. The quantitative estimate of drug-likeness (QED) is 0.577. The van der Waals surface area contributed by atoms with Crippen LogP contribution in [-0.2, 0) is 4.79 Å². The number of halogens is 1. The van der Waals surface area contributed by atoms with Crippen LogP contribution in [0.1, 0.15) is 12.8 Å². The second kappa shape index (κ2) is 8.88. The minimum atomic E-state index is -0.0406. The molecule has 1 fully saturated rings. The number of rotatable bonds is 6. The number of carbonyl (C=O) groups excluding carboxylic acids is 1. The average molecular weight is 433 g/mol. The maximum atomic E-state index is 12.5. The molecule has 3 aromatic rings.